The average molecular weight is 312 g/mol. The molecule has 0 fully saturated rings. The van der Waals surface area contributed by atoms with Crippen LogP contribution >= 0.6 is 0 Å². The molecule has 0 amide bonds. The first-order valence-corrected chi connectivity index (χ1v) is 8.41. The van der Waals surface area contributed by atoms with E-state index in [1.165, 1.54) is 16.7 Å². The number of hydrogen-bond acceptors (Lipinski definition) is 2. The molecule has 0 unspecified atom stereocenters. The number of amidine groups is 1. The summed E-state index contributed by atoms with van der Waals surface area (Å²) in [6.45, 7) is 1.88. The van der Waals surface area contributed by atoms with Crippen molar-refractivity contribution in [2.75, 3.05) is 6.54 Å². The Bertz CT molecular complexity index is 838. The number of fused-ring (bicyclic) bond motifs is 1. The molecule has 0 radical (unpaired) electrons. The van der Waals surface area contributed by atoms with E-state index < -0.39 is 0 Å². The summed E-state index contributed by atoms with van der Waals surface area (Å²) < 4.78 is 0. The maximum atomic E-state index is 4.95. The van der Waals surface area contributed by atoms with Crippen molar-refractivity contribution in [3.63, 3.8) is 0 Å². The first-order chi connectivity index (χ1) is 11.9. The van der Waals surface area contributed by atoms with Crippen molar-refractivity contribution >= 4 is 11.5 Å². The third-order valence-electron chi connectivity index (χ3n) is 4.42. The Hall–Kier alpha value is -2.87. The van der Waals surface area contributed by atoms with Gasteiger partial charge in [-0.05, 0) is 23.6 Å². The van der Waals surface area contributed by atoms with Crippen molar-refractivity contribution in [1.29, 1.82) is 0 Å². The van der Waals surface area contributed by atoms with Gasteiger partial charge in [-0.3, -0.25) is 0 Å². The molecule has 1 heterocycles. The van der Waals surface area contributed by atoms with E-state index in [-0.39, 0.29) is 0 Å². The van der Waals surface area contributed by atoms with E-state index >= 15 is 0 Å². The maximum Gasteiger partial charge on any atom is 0.136 e. The van der Waals surface area contributed by atoms with Crippen LogP contribution in [-0.2, 0) is 13.0 Å². The van der Waals surface area contributed by atoms with Gasteiger partial charge in [0, 0.05) is 18.7 Å². The van der Waals surface area contributed by atoms with E-state index in [0.29, 0.717) is 0 Å². The maximum absolute atomic E-state index is 4.95. The second kappa shape index (κ2) is 6.71. The minimum absolute atomic E-state index is 0.913. The lowest BCUT2D eigenvalue weighted by atomic mass is 10.1. The van der Waals surface area contributed by atoms with E-state index in [9.17, 15) is 0 Å². The second-order valence-electron chi connectivity index (χ2n) is 6.09. The molecule has 0 saturated heterocycles. The van der Waals surface area contributed by atoms with Crippen molar-refractivity contribution in [2.24, 2.45) is 4.99 Å². The fraction of sp³-hybridized carbons (Fsp3) is 0.136. The topological polar surface area (TPSA) is 15.6 Å². The van der Waals surface area contributed by atoms with Crippen LogP contribution in [0.1, 0.15) is 16.7 Å². The average Bonchev–Trinajstić information content (AvgIpc) is 2.67. The molecule has 24 heavy (non-hydrogen) atoms. The van der Waals surface area contributed by atoms with Crippen LogP contribution in [0.2, 0.25) is 0 Å². The predicted octanol–water partition coefficient (Wildman–Crippen LogP) is 4.82. The zero-order chi connectivity index (χ0) is 16.2. The number of nitrogens with zero attached hydrogens (tertiary/aromatic N) is 2. The normalized spacial score (nSPS) is 13.3. The van der Waals surface area contributed by atoms with Gasteiger partial charge in [0.15, 0.2) is 0 Å². The summed E-state index contributed by atoms with van der Waals surface area (Å²) in [4.78, 5) is 7.35. The number of benzene rings is 3. The van der Waals surface area contributed by atoms with E-state index in [0.717, 1.165) is 31.0 Å². The van der Waals surface area contributed by atoms with Gasteiger partial charge >= 0.3 is 0 Å². The van der Waals surface area contributed by atoms with Gasteiger partial charge in [-0.2, -0.15) is 0 Å². The summed E-state index contributed by atoms with van der Waals surface area (Å²) >= 11 is 0. The van der Waals surface area contributed by atoms with E-state index in [2.05, 4.69) is 89.8 Å². The van der Waals surface area contributed by atoms with Crippen molar-refractivity contribution < 1.29 is 0 Å². The Balaban J connectivity index is 1.64. The molecule has 3 aromatic carbocycles. The first-order valence-electron chi connectivity index (χ1n) is 8.41. The standard InChI is InChI=1S/C22H20N2/c1-3-9-18(10-4-1)15-16-24-17-20-13-7-8-14-21(20)23-22(24)19-11-5-2-6-12-19/h1-14H,15-17H2. The monoisotopic (exact) mass is 312 g/mol. The van der Waals surface area contributed by atoms with Crippen LogP contribution in [0.3, 0.4) is 0 Å². The molecule has 3 aromatic rings. The molecule has 0 atom stereocenters. The fourth-order valence-corrected chi connectivity index (χ4v) is 3.15. The second-order valence-corrected chi connectivity index (χ2v) is 6.09. The molecule has 0 spiro atoms. The van der Waals surface area contributed by atoms with Crippen LogP contribution in [0.5, 0.6) is 0 Å². The minimum atomic E-state index is 0.913. The van der Waals surface area contributed by atoms with Crippen LogP contribution < -0.4 is 0 Å². The molecule has 2 nitrogen and oxygen atoms in total. The molecule has 0 N–H and O–H groups in total. The van der Waals surface area contributed by atoms with Gasteiger partial charge < -0.3 is 4.90 Å². The number of hydrogen-bond donors (Lipinski definition) is 0. The van der Waals surface area contributed by atoms with Gasteiger partial charge in [0.1, 0.15) is 5.84 Å². The lowest BCUT2D eigenvalue weighted by Gasteiger charge is -2.31. The first kappa shape index (κ1) is 14.7. The zero-order valence-corrected chi connectivity index (χ0v) is 13.6. The Morgan fingerprint density at radius 2 is 1.42 bits per heavy atom. The fourth-order valence-electron chi connectivity index (χ4n) is 3.15. The highest BCUT2D eigenvalue weighted by Gasteiger charge is 2.20. The molecule has 4 rings (SSSR count). The Morgan fingerprint density at radius 3 is 2.21 bits per heavy atom. The minimum Gasteiger partial charge on any atom is -0.351 e. The summed E-state index contributed by atoms with van der Waals surface area (Å²) in [5.74, 6) is 1.07. The molecule has 0 aliphatic carbocycles. The number of rotatable bonds is 4. The predicted molar refractivity (Wildman–Crippen MR) is 99.6 cm³/mol. The van der Waals surface area contributed by atoms with Gasteiger partial charge in [0.2, 0.25) is 0 Å². The third kappa shape index (κ3) is 3.09. The van der Waals surface area contributed by atoms with Gasteiger partial charge in [-0.15, -0.1) is 0 Å². The molecule has 1 aliphatic rings. The van der Waals surface area contributed by atoms with Crippen LogP contribution in [0.25, 0.3) is 0 Å². The van der Waals surface area contributed by atoms with Crippen molar-refractivity contribution in [3.05, 3.63) is 102 Å². The van der Waals surface area contributed by atoms with Crippen LogP contribution in [0.15, 0.2) is 89.9 Å². The Kier molecular flexibility index (Phi) is 4.11. The molecular formula is C22H20N2. The highest BCUT2D eigenvalue weighted by molar-refractivity contribution is 6.01. The SMILES string of the molecule is c1ccc(CCN2Cc3ccccc3N=C2c2ccccc2)cc1. The van der Waals surface area contributed by atoms with Gasteiger partial charge in [-0.25, -0.2) is 4.99 Å². The third-order valence-corrected chi connectivity index (χ3v) is 4.42. The molecule has 0 saturated carbocycles. The largest absolute Gasteiger partial charge is 0.351 e. The quantitative estimate of drug-likeness (QED) is 0.674. The summed E-state index contributed by atoms with van der Waals surface area (Å²) in [5, 5.41) is 0. The van der Waals surface area contributed by atoms with Crippen molar-refractivity contribution in [2.45, 2.75) is 13.0 Å². The molecule has 2 heteroatoms. The summed E-state index contributed by atoms with van der Waals surface area (Å²) in [5.41, 5.74) is 4.93. The number of para-hydroxylation sites is 1. The lowest BCUT2D eigenvalue weighted by Crippen LogP contribution is -2.35. The van der Waals surface area contributed by atoms with Crippen molar-refractivity contribution in [1.82, 2.24) is 4.90 Å². The smallest absolute Gasteiger partial charge is 0.136 e. The summed E-state index contributed by atoms with van der Waals surface area (Å²) in [6.07, 6.45) is 1.02. The lowest BCUT2D eigenvalue weighted by molar-refractivity contribution is 0.412. The number of aliphatic imine (C=N–C) groups is 1. The molecule has 0 aromatic heterocycles. The van der Waals surface area contributed by atoms with Gasteiger partial charge in [0.25, 0.3) is 0 Å². The van der Waals surface area contributed by atoms with E-state index in [1.807, 2.05) is 0 Å². The van der Waals surface area contributed by atoms with E-state index in [1.54, 1.807) is 0 Å². The molecule has 118 valence electrons. The molecular weight excluding hydrogens is 292 g/mol. The van der Waals surface area contributed by atoms with Crippen LogP contribution in [0, 0.1) is 0 Å². The summed E-state index contributed by atoms with van der Waals surface area (Å²) in [7, 11) is 0. The summed E-state index contributed by atoms with van der Waals surface area (Å²) in [6, 6.07) is 29.6. The molecule has 1 aliphatic heterocycles. The zero-order valence-electron chi connectivity index (χ0n) is 13.6. The highest BCUT2D eigenvalue weighted by atomic mass is 15.2. The van der Waals surface area contributed by atoms with E-state index in [4.69, 9.17) is 4.99 Å². The van der Waals surface area contributed by atoms with Crippen LogP contribution in [0.4, 0.5) is 5.69 Å². The van der Waals surface area contributed by atoms with Crippen LogP contribution in [-0.4, -0.2) is 17.3 Å². The van der Waals surface area contributed by atoms with Gasteiger partial charge in [0.05, 0.1) is 5.69 Å². The Morgan fingerprint density at radius 1 is 0.750 bits per heavy atom. The highest BCUT2D eigenvalue weighted by Crippen LogP contribution is 2.28. The van der Waals surface area contributed by atoms with Crippen molar-refractivity contribution in [3.8, 4) is 0 Å². The molecule has 0 bridgehead atoms. The Labute approximate surface area is 143 Å². The van der Waals surface area contributed by atoms with Gasteiger partial charge in [-0.1, -0.05) is 78.9 Å².